The average Bonchev–Trinajstić information content (AvgIpc) is 3.11. The molecule has 3 heterocycles. The number of aryl methyl sites for hydroxylation is 1. The summed E-state index contributed by atoms with van der Waals surface area (Å²) in [6.07, 6.45) is 6.97. The van der Waals surface area contributed by atoms with Gasteiger partial charge in [-0.05, 0) is 112 Å². The average molecular weight is 726 g/mol. The second-order valence-corrected chi connectivity index (χ2v) is 17.2. The molecule has 11 heteroatoms. The highest BCUT2D eigenvalue weighted by Gasteiger charge is 2.46. The summed E-state index contributed by atoms with van der Waals surface area (Å²) in [4.78, 5) is 18.1. The number of carbonyl (C=O) groups excluding carboxylic acids is 1. The maximum absolute atomic E-state index is 13.5. The first kappa shape index (κ1) is 37.0. The Morgan fingerprint density at radius 3 is 2.62 bits per heavy atom. The molecule has 272 valence electrons. The fourth-order valence-corrected chi connectivity index (χ4v) is 9.39. The van der Waals surface area contributed by atoms with Gasteiger partial charge in [0.25, 0.3) is 5.91 Å². The lowest BCUT2D eigenvalue weighted by molar-refractivity contribution is -0.0447. The van der Waals surface area contributed by atoms with Gasteiger partial charge in [0.15, 0.2) is 0 Å². The van der Waals surface area contributed by atoms with E-state index in [2.05, 4.69) is 26.4 Å². The normalized spacial score (nSPS) is 29.4. The summed E-state index contributed by atoms with van der Waals surface area (Å²) in [5.41, 5.74) is 2.08. The Kier molecular flexibility index (Phi) is 12.0. The molecule has 5 atom stereocenters. The zero-order valence-corrected chi connectivity index (χ0v) is 31.0. The van der Waals surface area contributed by atoms with Gasteiger partial charge in [0.1, 0.15) is 18.0 Å². The molecule has 1 saturated heterocycles. The van der Waals surface area contributed by atoms with Crippen molar-refractivity contribution < 1.29 is 27.8 Å². The van der Waals surface area contributed by atoms with Gasteiger partial charge in [-0.25, -0.2) is 13.1 Å². The number of hydrogen-bond acceptors (Lipinski definition) is 8. The van der Waals surface area contributed by atoms with Gasteiger partial charge < -0.3 is 19.5 Å². The zero-order valence-electron chi connectivity index (χ0n) is 29.5. The van der Waals surface area contributed by atoms with E-state index in [9.17, 15) is 18.3 Å². The van der Waals surface area contributed by atoms with Gasteiger partial charge in [0.2, 0.25) is 10.0 Å². The first-order valence-corrected chi connectivity index (χ1v) is 20.3. The van der Waals surface area contributed by atoms with Crippen LogP contribution in [-0.2, 0) is 27.8 Å². The molecule has 50 heavy (non-hydrogen) atoms. The lowest BCUT2D eigenvalue weighted by Gasteiger charge is -2.47. The lowest BCUT2D eigenvalue weighted by atomic mass is 9.63. The first-order chi connectivity index (χ1) is 24.0. The van der Waals surface area contributed by atoms with Crippen LogP contribution in [0.2, 0.25) is 5.02 Å². The SMILES string of the molecule is C[C@@H]1[C@@H](C)CCC[C@@](O)(C#CCCN2CCOCC2)[C@@H]2CC[C@H]2CN2CCCCc3cc(Cl)ccc3COc3ccc(cc32)C(=O)NS1(=O)=O. The van der Waals surface area contributed by atoms with Crippen LogP contribution in [0.15, 0.2) is 36.4 Å². The van der Waals surface area contributed by atoms with E-state index in [4.69, 9.17) is 21.1 Å². The van der Waals surface area contributed by atoms with E-state index < -0.39 is 26.8 Å². The first-order valence-electron chi connectivity index (χ1n) is 18.4. The fraction of sp³-hybridized carbons (Fsp3) is 0.615. The highest BCUT2D eigenvalue weighted by Crippen LogP contribution is 2.46. The Hall–Kier alpha value is -2.81. The monoisotopic (exact) mass is 725 g/mol. The number of carbonyl (C=O) groups is 1. The van der Waals surface area contributed by atoms with Crippen molar-refractivity contribution in [3.05, 3.63) is 58.1 Å². The van der Waals surface area contributed by atoms with E-state index in [1.54, 1.807) is 25.1 Å². The van der Waals surface area contributed by atoms with Crippen molar-refractivity contribution in [2.75, 3.05) is 50.8 Å². The summed E-state index contributed by atoms with van der Waals surface area (Å²) in [5.74, 6) is 6.67. The molecule has 9 nitrogen and oxygen atoms in total. The summed E-state index contributed by atoms with van der Waals surface area (Å²) in [6.45, 7) is 9.42. The van der Waals surface area contributed by atoms with Crippen molar-refractivity contribution >= 4 is 33.2 Å². The standard InChI is InChI=1S/C39H52ClN3O6S/c1-28-8-7-17-39(45,16-4-6-18-42-20-22-48-23-21-42)35-14-11-32(35)26-43-19-5-3-9-30-24-34(40)13-10-33(30)27-49-37-15-12-31(25-36(37)43)38(44)41-50(46,47)29(28)2/h10,12-13,15,24-25,28-29,32,35,45H,3,5-9,11,14,17-23,26-27H2,1-2H3,(H,41,44)/t28-,29+,32-,35+,39-/m0/s1. The van der Waals surface area contributed by atoms with E-state index in [1.807, 2.05) is 25.1 Å². The number of amides is 1. The molecule has 0 aromatic heterocycles. The van der Waals surface area contributed by atoms with E-state index >= 15 is 0 Å². The van der Waals surface area contributed by atoms with Gasteiger partial charge >= 0.3 is 0 Å². The smallest absolute Gasteiger partial charge is 0.264 e. The van der Waals surface area contributed by atoms with Crippen molar-refractivity contribution in [3.63, 3.8) is 0 Å². The van der Waals surface area contributed by atoms with Gasteiger partial charge in [-0.1, -0.05) is 36.4 Å². The number of anilines is 1. The van der Waals surface area contributed by atoms with Crippen LogP contribution in [0.1, 0.15) is 86.7 Å². The molecule has 0 unspecified atom stereocenters. The summed E-state index contributed by atoms with van der Waals surface area (Å²) < 4.78 is 41.2. The number of rotatable bonds is 2. The molecule has 1 aliphatic carbocycles. The lowest BCUT2D eigenvalue weighted by Crippen LogP contribution is -2.50. The van der Waals surface area contributed by atoms with Crippen molar-refractivity contribution in [1.82, 2.24) is 9.62 Å². The number of aliphatic hydroxyl groups is 1. The maximum atomic E-state index is 13.5. The molecule has 2 aromatic carbocycles. The Morgan fingerprint density at radius 2 is 1.84 bits per heavy atom. The highest BCUT2D eigenvalue weighted by molar-refractivity contribution is 7.90. The number of sulfonamides is 1. The molecular formula is C39H52ClN3O6S. The second-order valence-electron chi connectivity index (χ2n) is 14.7. The number of morpholine rings is 1. The van der Waals surface area contributed by atoms with Crippen LogP contribution < -0.4 is 14.4 Å². The summed E-state index contributed by atoms with van der Waals surface area (Å²) >= 11 is 6.37. The molecule has 0 spiro atoms. The minimum Gasteiger partial charge on any atom is -0.487 e. The Labute approximate surface area is 303 Å². The predicted molar refractivity (Wildman–Crippen MR) is 197 cm³/mol. The van der Waals surface area contributed by atoms with Crippen LogP contribution in [0.4, 0.5) is 5.69 Å². The predicted octanol–water partition coefficient (Wildman–Crippen LogP) is 5.81. The molecule has 2 bridgehead atoms. The molecular weight excluding hydrogens is 674 g/mol. The third kappa shape index (κ3) is 8.79. The molecule has 2 N–H and O–H groups in total. The number of nitrogens with one attached hydrogen (secondary N) is 1. The Morgan fingerprint density at radius 1 is 1.02 bits per heavy atom. The van der Waals surface area contributed by atoms with Gasteiger partial charge in [0, 0.05) is 55.6 Å². The number of hydrogen-bond donors (Lipinski definition) is 2. The highest BCUT2D eigenvalue weighted by atomic mass is 35.5. The molecule has 1 amide bonds. The molecule has 0 radical (unpaired) electrons. The van der Waals surface area contributed by atoms with E-state index in [-0.39, 0.29) is 23.3 Å². The number of benzene rings is 2. The maximum Gasteiger partial charge on any atom is 0.264 e. The van der Waals surface area contributed by atoms with Crippen molar-refractivity contribution in [1.29, 1.82) is 0 Å². The fourth-order valence-electron chi connectivity index (χ4n) is 7.89. The molecule has 3 aliphatic heterocycles. The van der Waals surface area contributed by atoms with E-state index in [1.165, 1.54) is 5.56 Å². The minimum atomic E-state index is -3.96. The molecule has 2 aromatic rings. The van der Waals surface area contributed by atoms with Gasteiger partial charge in [-0.15, -0.1) is 0 Å². The molecule has 2 fully saturated rings. The summed E-state index contributed by atoms with van der Waals surface area (Å²) in [7, 11) is -3.96. The Bertz CT molecular complexity index is 1690. The van der Waals surface area contributed by atoms with Crippen LogP contribution in [0.25, 0.3) is 0 Å². The third-order valence-corrected chi connectivity index (χ3v) is 13.6. The summed E-state index contributed by atoms with van der Waals surface area (Å²) in [5, 5.41) is 12.3. The van der Waals surface area contributed by atoms with Gasteiger partial charge in [0.05, 0.1) is 24.2 Å². The molecule has 1 saturated carbocycles. The number of fused-ring (bicyclic) bond motifs is 3. The van der Waals surface area contributed by atoms with Gasteiger partial charge in [-0.2, -0.15) is 0 Å². The molecule has 4 aliphatic rings. The minimum absolute atomic E-state index is 0.0109. The van der Waals surface area contributed by atoms with Crippen molar-refractivity contribution in [2.45, 2.75) is 89.1 Å². The number of nitrogens with zero attached hydrogens (tertiary/aromatic N) is 2. The van der Waals surface area contributed by atoms with Crippen LogP contribution >= 0.6 is 11.6 Å². The van der Waals surface area contributed by atoms with Crippen LogP contribution in [0.3, 0.4) is 0 Å². The number of halogens is 1. The summed E-state index contributed by atoms with van der Waals surface area (Å²) in [6, 6.07) is 11.1. The van der Waals surface area contributed by atoms with Gasteiger partial charge in [-0.3, -0.25) is 9.69 Å². The Balaban J connectivity index is 1.33. The van der Waals surface area contributed by atoms with E-state index in [0.29, 0.717) is 49.6 Å². The molecule has 6 rings (SSSR count). The van der Waals surface area contributed by atoms with Crippen LogP contribution in [0, 0.1) is 29.6 Å². The zero-order chi connectivity index (χ0) is 35.3. The van der Waals surface area contributed by atoms with Crippen LogP contribution in [0.5, 0.6) is 5.75 Å². The van der Waals surface area contributed by atoms with Crippen molar-refractivity contribution in [2.24, 2.45) is 17.8 Å². The topological polar surface area (TPSA) is 108 Å². The van der Waals surface area contributed by atoms with E-state index in [0.717, 1.165) is 82.7 Å². The van der Waals surface area contributed by atoms with Crippen molar-refractivity contribution in [3.8, 4) is 17.6 Å². The van der Waals surface area contributed by atoms with Crippen LogP contribution in [-0.4, -0.2) is 81.1 Å². The number of ether oxygens (including phenoxy) is 2. The second kappa shape index (κ2) is 16.2. The quantitative estimate of drug-likeness (QED) is 0.374. The third-order valence-electron chi connectivity index (χ3n) is 11.4. The largest absolute Gasteiger partial charge is 0.487 e.